The van der Waals surface area contributed by atoms with Crippen molar-refractivity contribution in [1.82, 2.24) is 4.90 Å². The van der Waals surface area contributed by atoms with Crippen molar-refractivity contribution in [2.45, 2.75) is 19.4 Å². The van der Waals surface area contributed by atoms with Crippen molar-refractivity contribution < 1.29 is 0 Å². The van der Waals surface area contributed by atoms with Gasteiger partial charge in [0.1, 0.15) is 0 Å². The van der Waals surface area contributed by atoms with Crippen molar-refractivity contribution in [3.8, 4) is 0 Å². The van der Waals surface area contributed by atoms with Crippen LogP contribution in [0.2, 0.25) is 0 Å². The molecule has 0 saturated carbocycles. The molecule has 2 unspecified atom stereocenters. The highest BCUT2D eigenvalue weighted by Crippen LogP contribution is 2.25. The maximum atomic E-state index is 4.24. The molecule has 2 heterocycles. The minimum Gasteiger partial charge on any atom is -0.301 e. The minimum atomic E-state index is 0.531. The summed E-state index contributed by atoms with van der Waals surface area (Å²) < 4.78 is 0. The summed E-state index contributed by atoms with van der Waals surface area (Å²) in [6.07, 6.45) is 1.30. The van der Waals surface area contributed by atoms with E-state index >= 15 is 0 Å². The Morgan fingerprint density at radius 1 is 1.55 bits per heavy atom. The Labute approximate surface area is 67.5 Å². The van der Waals surface area contributed by atoms with Gasteiger partial charge < -0.3 is 4.90 Å². The second-order valence-corrected chi connectivity index (χ2v) is 3.45. The fourth-order valence-corrected chi connectivity index (χ4v) is 1.93. The average molecular weight is 153 g/mol. The van der Waals surface area contributed by atoms with E-state index in [4.69, 9.17) is 0 Å². The number of fused-ring (bicyclic) bond motifs is 1. The summed E-state index contributed by atoms with van der Waals surface area (Å²) in [7, 11) is 0. The van der Waals surface area contributed by atoms with E-state index in [2.05, 4.69) is 22.1 Å². The standard InChI is InChI=1S/C8H15N3/c1-2-11-4-3-7-5-9-10-8(7)6-11/h7-8H,2-6H2,1H3. The van der Waals surface area contributed by atoms with Crippen LogP contribution in [0.15, 0.2) is 10.2 Å². The summed E-state index contributed by atoms with van der Waals surface area (Å²) in [5.74, 6) is 0.776. The molecule has 0 aromatic rings. The largest absolute Gasteiger partial charge is 0.301 e. The average Bonchev–Trinajstić information content (AvgIpc) is 2.50. The van der Waals surface area contributed by atoms with Crippen LogP contribution in [0.3, 0.4) is 0 Å². The molecule has 2 aliphatic rings. The summed E-state index contributed by atoms with van der Waals surface area (Å²) in [6.45, 7) is 6.76. The van der Waals surface area contributed by atoms with Crippen molar-refractivity contribution in [3.63, 3.8) is 0 Å². The van der Waals surface area contributed by atoms with Crippen molar-refractivity contribution in [3.05, 3.63) is 0 Å². The van der Waals surface area contributed by atoms with Crippen molar-refractivity contribution in [2.75, 3.05) is 26.2 Å². The molecular weight excluding hydrogens is 138 g/mol. The predicted octanol–water partition coefficient (Wildman–Crippen LogP) is 1.16. The van der Waals surface area contributed by atoms with Crippen LogP contribution in [0.5, 0.6) is 0 Å². The number of likely N-dealkylation sites (tertiary alicyclic amines) is 1. The highest BCUT2D eigenvalue weighted by Gasteiger charge is 2.31. The van der Waals surface area contributed by atoms with Crippen LogP contribution in [-0.2, 0) is 0 Å². The highest BCUT2D eigenvalue weighted by atomic mass is 15.2. The monoisotopic (exact) mass is 153 g/mol. The quantitative estimate of drug-likeness (QED) is 0.555. The van der Waals surface area contributed by atoms with E-state index in [-0.39, 0.29) is 0 Å². The summed E-state index contributed by atoms with van der Waals surface area (Å²) in [4.78, 5) is 2.46. The van der Waals surface area contributed by atoms with Crippen molar-refractivity contribution in [2.24, 2.45) is 16.1 Å². The Morgan fingerprint density at radius 2 is 2.45 bits per heavy atom. The van der Waals surface area contributed by atoms with Gasteiger partial charge in [0.05, 0.1) is 12.6 Å². The lowest BCUT2D eigenvalue weighted by atomic mass is 9.93. The fourth-order valence-electron chi connectivity index (χ4n) is 1.93. The van der Waals surface area contributed by atoms with Crippen molar-refractivity contribution in [1.29, 1.82) is 0 Å². The van der Waals surface area contributed by atoms with Crippen LogP contribution < -0.4 is 0 Å². The number of hydrogen-bond donors (Lipinski definition) is 0. The lowest BCUT2D eigenvalue weighted by Gasteiger charge is -2.31. The zero-order valence-corrected chi connectivity index (χ0v) is 7.03. The lowest BCUT2D eigenvalue weighted by molar-refractivity contribution is 0.184. The second-order valence-electron chi connectivity index (χ2n) is 3.45. The maximum absolute atomic E-state index is 4.24. The topological polar surface area (TPSA) is 28.0 Å². The van der Waals surface area contributed by atoms with Crippen LogP contribution >= 0.6 is 0 Å². The number of rotatable bonds is 1. The van der Waals surface area contributed by atoms with E-state index in [0.717, 1.165) is 19.0 Å². The first kappa shape index (κ1) is 7.22. The SMILES string of the molecule is CCN1CCC2CN=NC2C1. The molecule has 1 saturated heterocycles. The number of likely N-dealkylation sites (N-methyl/N-ethyl adjacent to an activating group) is 1. The third-order valence-electron chi connectivity index (χ3n) is 2.80. The van der Waals surface area contributed by atoms with Gasteiger partial charge >= 0.3 is 0 Å². The Bertz CT molecular complexity index is 167. The zero-order valence-electron chi connectivity index (χ0n) is 7.03. The van der Waals surface area contributed by atoms with Gasteiger partial charge in [-0.25, -0.2) is 0 Å². The smallest absolute Gasteiger partial charge is 0.0881 e. The molecule has 0 radical (unpaired) electrons. The Kier molecular flexibility index (Phi) is 1.90. The molecule has 3 heteroatoms. The number of azo groups is 1. The molecule has 0 aromatic heterocycles. The summed E-state index contributed by atoms with van der Waals surface area (Å²) in [5.41, 5.74) is 0. The van der Waals surface area contributed by atoms with Gasteiger partial charge in [-0.3, -0.25) is 0 Å². The van der Waals surface area contributed by atoms with Gasteiger partial charge in [0.25, 0.3) is 0 Å². The summed E-state index contributed by atoms with van der Waals surface area (Å²) in [6, 6.07) is 0.531. The molecule has 2 rings (SSSR count). The van der Waals surface area contributed by atoms with Crippen LogP contribution in [0.1, 0.15) is 13.3 Å². The molecule has 0 amide bonds. The molecule has 0 aromatic carbocycles. The molecule has 0 bridgehead atoms. The number of nitrogens with zero attached hydrogens (tertiary/aromatic N) is 3. The fraction of sp³-hybridized carbons (Fsp3) is 1.00. The minimum absolute atomic E-state index is 0.531. The molecule has 1 fully saturated rings. The van der Waals surface area contributed by atoms with Gasteiger partial charge in [-0.2, -0.15) is 10.2 Å². The Balaban J connectivity index is 1.95. The molecule has 2 atom stereocenters. The first-order chi connectivity index (χ1) is 5.40. The Hall–Kier alpha value is -0.440. The molecule has 11 heavy (non-hydrogen) atoms. The van der Waals surface area contributed by atoms with Gasteiger partial charge in [0, 0.05) is 12.5 Å². The third-order valence-corrected chi connectivity index (χ3v) is 2.80. The van der Waals surface area contributed by atoms with Gasteiger partial charge in [-0.15, -0.1) is 0 Å². The summed E-state index contributed by atoms with van der Waals surface area (Å²) in [5, 5.41) is 8.33. The van der Waals surface area contributed by atoms with E-state index in [9.17, 15) is 0 Å². The molecule has 3 nitrogen and oxygen atoms in total. The van der Waals surface area contributed by atoms with Crippen LogP contribution in [0, 0.1) is 5.92 Å². The van der Waals surface area contributed by atoms with E-state index < -0.39 is 0 Å². The van der Waals surface area contributed by atoms with Crippen LogP contribution in [-0.4, -0.2) is 37.1 Å². The Morgan fingerprint density at radius 3 is 3.27 bits per heavy atom. The second kappa shape index (κ2) is 2.89. The maximum Gasteiger partial charge on any atom is 0.0881 e. The van der Waals surface area contributed by atoms with E-state index in [0.29, 0.717) is 6.04 Å². The molecule has 0 spiro atoms. The molecule has 2 aliphatic heterocycles. The van der Waals surface area contributed by atoms with Crippen molar-refractivity contribution >= 4 is 0 Å². The normalized spacial score (nSPS) is 37.5. The molecule has 0 N–H and O–H groups in total. The van der Waals surface area contributed by atoms with Gasteiger partial charge in [0.2, 0.25) is 0 Å². The first-order valence-corrected chi connectivity index (χ1v) is 4.49. The summed E-state index contributed by atoms with van der Waals surface area (Å²) >= 11 is 0. The first-order valence-electron chi connectivity index (χ1n) is 4.49. The molecular formula is C8H15N3. The van der Waals surface area contributed by atoms with Crippen LogP contribution in [0.25, 0.3) is 0 Å². The van der Waals surface area contributed by atoms with E-state index in [1.807, 2.05) is 0 Å². The lowest BCUT2D eigenvalue weighted by Crippen LogP contribution is -2.41. The number of hydrogen-bond acceptors (Lipinski definition) is 3. The van der Waals surface area contributed by atoms with Gasteiger partial charge in [-0.1, -0.05) is 6.92 Å². The van der Waals surface area contributed by atoms with E-state index in [1.165, 1.54) is 19.5 Å². The zero-order chi connectivity index (χ0) is 7.68. The van der Waals surface area contributed by atoms with Crippen LogP contribution in [0.4, 0.5) is 0 Å². The third kappa shape index (κ3) is 1.29. The van der Waals surface area contributed by atoms with Gasteiger partial charge in [0.15, 0.2) is 0 Å². The highest BCUT2D eigenvalue weighted by molar-refractivity contribution is 4.88. The molecule has 0 aliphatic carbocycles. The van der Waals surface area contributed by atoms with E-state index in [1.54, 1.807) is 0 Å². The number of piperidine rings is 1. The predicted molar refractivity (Wildman–Crippen MR) is 43.7 cm³/mol. The molecule has 62 valence electrons. The van der Waals surface area contributed by atoms with Gasteiger partial charge in [-0.05, 0) is 19.5 Å².